The summed E-state index contributed by atoms with van der Waals surface area (Å²) in [5.41, 5.74) is 0. The van der Waals surface area contributed by atoms with Crippen molar-refractivity contribution >= 4 is 11.6 Å². The van der Waals surface area contributed by atoms with Gasteiger partial charge in [0.1, 0.15) is 0 Å². The number of hydrogen-bond acceptors (Lipinski definition) is 2. The predicted molar refractivity (Wildman–Crippen MR) is 23.6 cm³/mol. The van der Waals surface area contributed by atoms with E-state index in [-0.39, 0.29) is 0 Å². The molecule has 0 aromatic rings. The highest BCUT2D eigenvalue weighted by molar-refractivity contribution is 6.22. The molecule has 0 aromatic heterocycles. The van der Waals surface area contributed by atoms with Gasteiger partial charge < -0.3 is 0 Å². The first-order chi connectivity index (χ1) is 5.09. The molecule has 1 unspecified atom stereocenters. The SMILES string of the molecule is FC(F)(F)N1OC(F)(Cl)C1(F)F. The smallest absolute Gasteiger partial charge is 0.223 e. The van der Waals surface area contributed by atoms with Crippen molar-refractivity contribution in [3.63, 3.8) is 0 Å². The molecule has 1 saturated heterocycles. The molecular weight excluding hydrogens is 215 g/mol. The molecule has 0 bridgehead atoms. The number of hydroxylamine groups is 2. The quantitative estimate of drug-likeness (QED) is 0.349. The van der Waals surface area contributed by atoms with Gasteiger partial charge in [-0.3, -0.25) is 0 Å². The Morgan fingerprint density at radius 1 is 1.17 bits per heavy atom. The van der Waals surface area contributed by atoms with Gasteiger partial charge in [-0.25, -0.2) is 4.84 Å². The summed E-state index contributed by atoms with van der Waals surface area (Å²) < 4.78 is 70.4. The van der Waals surface area contributed by atoms with Crippen LogP contribution in [0.15, 0.2) is 0 Å². The highest BCUT2D eigenvalue weighted by atomic mass is 35.5. The molecule has 1 fully saturated rings. The Bertz CT molecular complexity index is 201. The maximum Gasteiger partial charge on any atom is 0.488 e. The predicted octanol–water partition coefficient (Wildman–Crippen LogP) is 2.21. The van der Waals surface area contributed by atoms with Crippen molar-refractivity contribution in [2.75, 3.05) is 0 Å². The van der Waals surface area contributed by atoms with Crippen LogP contribution in [0.1, 0.15) is 0 Å². The summed E-state index contributed by atoms with van der Waals surface area (Å²) >= 11 is 4.22. The van der Waals surface area contributed by atoms with E-state index in [9.17, 15) is 26.3 Å². The second-order valence-electron chi connectivity index (χ2n) is 1.91. The van der Waals surface area contributed by atoms with Gasteiger partial charge in [0.05, 0.1) is 0 Å². The summed E-state index contributed by atoms with van der Waals surface area (Å²) in [6.45, 7) is 0. The molecule has 0 aromatic carbocycles. The summed E-state index contributed by atoms with van der Waals surface area (Å²) in [5, 5.41) is -5.87. The Balaban J connectivity index is 2.80. The van der Waals surface area contributed by atoms with Crippen molar-refractivity contribution < 1.29 is 31.2 Å². The molecule has 1 aliphatic heterocycles. The van der Waals surface area contributed by atoms with E-state index in [0.717, 1.165) is 0 Å². The van der Waals surface area contributed by atoms with E-state index >= 15 is 0 Å². The molecule has 72 valence electrons. The van der Waals surface area contributed by atoms with Gasteiger partial charge in [0, 0.05) is 0 Å². The van der Waals surface area contributed by atoms with Gasteiger partial charge in [-0.1, -0.05) is 0 Å². The van der Waals surface area contributed by atoms with Gasteiger partial charge in [-0.15, -0.1) is 0 Å². The van der Waals surface area contributed by atoms with E-state index in [1.165, 1.54) is 0 Å². The Hall–Kier alpha value is -0.210. The third-order valence-electron chi connectivity index (χ3n) is 1.04. The highest BCUT2D eigenvalue weighted by Gasteiger charge is 2.79. The average Bonchev–Trinajstić information content (AvgIpc) is 1.81. The highest BCUT2D eigenvalue weighted by Crippen LogP contribution is 2.54. The lowest BCUT2D eigenvalue weighted by molar-refractivity contribution is -0.594. The van der Waals surface area contributed by atoms with Gasteiger partial charge in [-0.2, -0.15) is 26.3 Å². The molecule has 0 N–H and O–H groups in total. The van der Waals surface area contributed by atoms with E-state index in [2.05, 4.69) is 16.4 Å². The lowest BCUT2D eigenvalue weighted by Crippen LogP contribution is -2.71. The van der Waals surface area contributed by atoms with Crippen molar-refractivity contribution in [3.05, 3.63) is 0 Å². The Kier molecular flexibility index (Phi) is 1.79. The van der Waals surface area contributed by atoms with Gasteiger partial charge >= 0.3 is 17.7 Å². The summed E-state index contributed by atoms with van der Waals surface area (Å²) in [4.78, 5) is 2.96. The van der Waals surface area contributed by atoms with Crippen LogP contribution in [0.5, 0.6) is 0 Å². The molecule has 1 heterocycles. The molecule has 1 aliphatic rings. The number of hydrogen-bond donors (Lipinski definition) is 0. The Labute approximate surface area is 66.6 Å². The van der Waals surface area contributed by atoms with Gasteiger partial charge in [0.25, 0.3) is 0 Å². The third kappa shape index (κ3) is 1.14. The first-order valence-electron chi connectivity index (χ1n) is 2.41. The maximum atomic E-state index is 12.1. The standard InChI is InChI=1S/C3ClF6NO/c4-1(5)2(6,7)11(12-1)3(8,9)10. The molecule has 1 atom stereocenters. The van der Waals surface area contributed by atoms with Crippen LogP contribution in [-0.4, -0.2) is 22.7 Å². The fourth-order valence-corrected chi connectivity index (χ4v) is 0.663. The summed E-state index contributed by atoms with van der Waals surface area (Å²) in [5.74, 6) is 0. The van der Waals surface area contributed by atoms with Crippen LogP contribution in [0.3, 0.4) is 0 Å². The van der Waals surface area contributed by atoms with Crippen LogP contribution in [0.2, 0.25) is 0 Å². The fraction of sp³-hybridized carbons (Fsp3) is 1.00. The Morgan fingerprint density at radius 2 is 1.58 bits per heavy atom. The molecule has 12 heavy (non-hydrogen) atoms. The summed E-state index contributed by atoms with van der Waals surface area (Å²) in [7, 11) is 0. The molecule has 0 radical (unpaired) electrons. The summed E-state index contributed by atoms with van der Waals surface area (Å²) in [6, 6.07) is -4.90. The number of rotatable bonds is 0. The number of alkyl halides is 7. The molecular formula is C3ClF6NO. The van der Waals surface area contributed by atoms with Crippen LogP contribution in [0, 0.1) is 0 Å². The minimum absolute atomic E-state index is 1.76. The van der Waals surface area contributed by atoms with E-state index in [4.69, 9.17) is 0 Å². The van der Waals surface area contributed by atoms with Crippen LogP contribution in [-0.2, 0) is 4.84 Å². The first kappa shape index (κ1) is 9.87. The second kappa shape index (κ2) is 2.18. The van der Waals surface area contributed by atoms with Crippen molar-refractivity contribution in [3.8, 4) is 0 Å². The second-order valence-corrected chi connectivity index (χ2v) is 2.40. The van der Waals surface area contributed by atoms with Gasteiger partial charge in [-0.05, 0) is 16.7 Å². The zero-order valence-corrected chi connectivity index (χ0v) is 5.76. The van der Waals surface area contributed by atoms with E-state index in [1.807, 2.05) is 0 Å². The zero-order chi connectivity index (χ0) is 9.78. The van der Waals surface area contributed by atoms with Crippen LogP contribution in [0.25, 0.3) is 0 Å². The fourth-order valence-electron chi connectivity index (χ4n) is 0.517. The van der Waals surface area contributed by atoms with Crippen LogP contribution in [0.4, 0.5) is 26.3 Å². The molecule has 2 nitrogen and oxygen atoms in total. The van der Waals surface area contributed by atoms with Crippen molar-refractivity contribution in [2.45, 2.75) is 17.7 Å². The topological polar surface area (TPSA) is 12.5 Å². The van der Waals surface area contributed by atoms with E-state index < -0.39 is 22.7 Å². The van der Waals surface area contributed by atoms with Gasteiger partial charge in [0.2, 0.25) is 0 Å². The first-order valence-corrected chi connectivity index (χ1v) is 2.78. The third-order valence-corrected chi connectivity index (χ3v) is 1.34. The van der Waals surface area contributed by atoms with E-state index in [0.29, 0.717) is 0 Å². The Morgan fingerprint density at radius 3 is 1.67 bits per heavy atom. The van der Waals surface area contributed by atoms with Crippen molar-refractivity contribution in [2.24, 2.45) is 0 Å². The largest absolute Gasteiger partial charge is 0.488 e. The molecule has 1 rings (SSSR count). The van der Waals surface area contributed by atoms with Gasteiger partial charge in [0.15, 0.2) is 0 Å². The minimum atomic E-state index is -5.48. The zero-order valence-electron chi connectivity index (χ0n) is 5.00. The van der Waals surface area contributed by atoms with Crippen LogP contribution >= 0.6 is 11.6 Å². The van der Waals surface area contributed by atoms with Crippen molar-refractivity contribution in [1.29, 1.82) is 0 Å². The monoisotopic (exact) mass is 215 g/mol. The van der Waals surface area contributed by atoms with Crippen LogP contribution < -0.4 is 0 Å². The van der Waals surface area contributed by atoms with E-state index in [1.54, 1.807) is 0 Å². The maximum absolute atomic E-state index is 12.1. The summed E-state index contributed by atoms with van der Waals surface area (Å²) in [6.07, 6.45) is -5.48. The number of halogens is 7. The molecule has 0 saturated carbocycles. The van der Waals surface area contributed by atoms with Crippen molar-refractivity contribution in [1.82, 2.24) is 5.06 Å². The number of nitrogens with zero attached hydrogens (tertiary/aromatic N) is 1. The lowest BCUT2D eigenvalue weighted by Gasteiger charge is -2.45. The minimum Gasteiger partial charge on any atom is -0.223 e. The molecule has 0 amide bonds. The molecule has 0 aliphatic carbocycles. The average molecular weight is 215 g/mol. The molecule has 0 spiro atoms. The normalized spacial score (nSPS) is 36.2. The molecule has 9 heteroatoms. The lowest BCUT2D eigenvalue weighted by atomic mass is 10.4.